The highest BCUT2D eigenvalue weighted by Crippen LogP contribution is 2.19. The van der Waals surface area contributed by atoms with Crippen LogP contribution in [0.2, 0.25) is 0 Å². The largest absolute Gasteiger partial charge is 0.352 e. The Kier molecular flexibility index (Phi) is 7.34. The zero-order valence-corrected chi connectivity index (χ0v) is 16.1. The number of halogens is 1. The first kappa shape index (κ1) is 20.1. The van der Waals surface area contributed by atoms with Crippen LogP contribution < -0.4 is 5.32 Å². The molecule has 1 unspecified atom stereocenters. The van der Waals surface area contributed by atoms with E-state index in [9.17, 15) is 9.18 Å². The lowest BCUT2D eigenvalue weighted by atomic mass is 9.97. The second kappa shape index (κ2) is 9.48. The molecule has 140 valence electrons. The molecule has 0 aliphatic carbocycles. The van der Waals surface area contributed by atoms with E-state index in [1.807, 2.05) is 19.1 Å². The second-order valence-corrected chi connectivity index (χ2v) is 7.21. The minimum absolute atomic E-state index is 0.00819. The predicted molar refractivity (Wildman–Crippen MR) is 104 cm³/mol. The van der Waals surface area contributed by atoms with E-state index in [4.69, 9.17) is 0 Å². The number of nitrogens with one attached hydrogen (secondary N) is 1. The Morgan fingerprint density at radius 2 is 1.65 bits per heavy atom. The van der Waals surface area contributed by atoms with E-state index in [2.05, 4.69) is 43.2 Å². The summed E-state index contributed by atoms with van der Waals surface area (Å²) in [6.07, 6.45) is 0.389. The topological polar surface area (TPSA) is 32.3 Å². The Bertz CT molecular complexity index is 712. The Morgan fingerprint density at radius 1 is 1.04 bits per heavy atom. The van der Waals surface area contributed by atoms with E-state index >= 15 is 0 Å². The van der Waals surface area contributed by atoms with Crippen molar-refractivity contribution in [2.75, 3.05) is 7.05 Å². The molecular weight excluding hydrogens is 327 g/mol. The number of carbonyl (C=O) groups excluding carboxylic acids is 1. The van der Waals surface area contributed by atoms with Crippen LogP contribution in [0.3, 0.4) is 0 Å². The first-order valence-electron chi connectivity index (χ1n) is 9.16. The molecule has 0 saturated heterocycles. The number of hydrogen-bond acceptors (Lipinski definition) is 2. The molecule has 2 rings (SSSR count). The molecule has 1 atom stereocenters. The van der Waals surface area contributed by atoms with Crippen molar-refractivity contribution in [3.05, 3.63) is 71.0 Å². The number of carbonyl (C=O) groups is 1. The van der Waals surface area contributed by atoms with Crippen LogP contribution >= 0.6 is 0 Å². The summed E-state index contributed by atoms with van der Waals surface area (Å²) in [5.41, 5.74) is 3.35. The maximum atomic E-state index is 13.0. The molecule has 0 aliphatic heterocycles. The number of amides is 1. The zero-order chi connectivity index (χ0) is 19.1. The van der Waals surface area contributed by atoms with Crippen molar-refractivity contribution in [1.29, 1.82) is 0 Å². The van der Waals surface area contributed by atoms with Crippen LogP contribution in [0.1, 0.15) is 49.8 Å². The molecule has 0 heterocycles. The number of rotatable bonds is 8. The summed E-state index contributed by atoms with van der Waals surface area (Å²) in [4.78, 5) is 14.6. The van der Waals surface area contributed by atoms with Gasteiger partial charge in [-0.3, -0.25) is 9.69 Å². The third kappa shape index (κ3) is 5.95. The Morgan fingerprint density at radius 3 is 2.27 bits per heavy atom. The molecule has 2 aromatic carbocycles. The van der Waals surface area contributed by atoms with Crippen LogP contribution in [0, 0.1) is 5.82 Å². The lowest BCUT2D eigenvalue weighted by Crippen LogP contribution is -2.28. The van der Waals surface area contributed by atoms with Gasteiger partial charge in [-0.05, 0) is 55.6 Å². The zero-order valence-electron chi connectivity index (χ0n) is 16.1. The second-order valence-electron chi connectivity index (χ2n) is 7.21. The number of benzene rings is 2. The highest BCUT2D eigenvalue weighted by atomic mass is 19.1. The van der Waals surface area contributed by atoms with Gasteiger partial charge in [0, 0.05) is 25.6 Å². The van der Waals surface area contributed by atoms with Crippen LogP contribution in [0.15, 0.2) is 48.5 Å². The normalized spacial score (nSPS) is 12.4. The Balaban J connectivity index is 1.92. The molecule has 0 spiro atoms. The van der Waals surface area contributed by atoms with Gasteiger partial charge in [0.25, 0.3) is 0 Å². The number of hydrogen-bond donors (Lipinski definition) is 1. The molecule has 0 bridgehead atoms. The first-order chi connectivity index (χ1) is 12.4. The van der Waals surface area contributed by atoms with Gasteiger partial charge in [0.2, 0.25) is 5.91 Å². The fourth-order valence-corrected chi connectivity index (χ4v) is 2.79. The predicted octanol–water partition coefficient (Wildman–Crippen LogP) is 4.48. The average Bonchev–Trinajstić information content (AvgIpc) is 2.61. The van der Waals surface area contributed by atoms with E-state index in [1.165, 1.54) is 17.7 Å². The Hall–Kier alpha value is -2.20. The molecule has 4 heteroatoms. The van der Waals surface area contributed by atoms with Crippen LogP contribution in [0.5, 0.6) is 0 Å². The van der Waals surface area contributed by atoms with Crippen molar-refractivity contribution >= 4 is 5.91 Å². The summed E-state index contributed by atoms with van der Waals surface area (Å²) in [6, 6.07) is 15.0. The molecule has 1 N–H and O–H groups in total. The quantitative estimate of drug-likeness (QED) is 0.756. The fraction of sp³-hybridized carbons (Fsp3) is 0.409. The lowest BCUT2D eigenvalue weighted by molar-refractivity contribution is -0.121. The molecule has 0 aromatic heterocycles. The summed E-state index contributed by atoms with van der Waals surface area (Å²) >= 11 is 0. The van der Waals surface area contributed by atoms with E-state index in [0.717, 1.165) is 17.7 Å². The van der Waals surface area contributed by atoms with Crippen molar-refractivity contribution in [2.45, 2.75) is 52.2 Å². The maximum absolute atomic E-state index is 13.0. The van der Waals surface area contributed by atoms with Gasteiger partial charge in [0.05, 0.1) is 0 Å². The van der Waals surface area contributed by atoms with Crippen molar-refractivity contribution in [3.8, 4) is 0 Å². The van der Waals surface area contributed by atoms with Crippen LogP contribution in [0.25, 0.3) is 0 Å². The molecule has 3 nitrogen and oxygen atoms in total. The van der Waals surface area contributed by atoms with Gasteiger partial charge >= 0.3 is 0 Å². The van der Waals surface area contributed by atoms with E-state index in [1.54, 1.807) is 12.1 Å². The maximum Gasteiger partial charge on any atom is 0.220 e. The molecule has 1 amide bonds. The van der Waals surface area contributed by atoms with Crippen molar-refractivity contribution in [2.24, 2.45) is 0 Å². The van der Waals surface area contributed by atoms with Gasteiger partial charge in [0.15, 0.2) is 0 Å². The molecule has 2 aromatic rings. The van der Waals surface area contributed by atoms with E-state index in [0.29, 0.717) is 19.0 Å². The van der Waals surface area contributed by atoms with Gasteiger partial charge in [-0.25, -0.2) is 4.39 Å². The van der Waals surface area contributed by atoms with Crippen molar-refractivity contribution < 1.29 is 9.18 Å². The van der Waals surface area contributed by atoms with Crippen molar-refractivity contribution in [3.63, 3.8) is 0 Å². The van der Waals surface area contributed by atoms with Crippen LogP contribution in [0.4, 0.5) is 4.39 Å². The van der Waals surface area contributed by atoms with E-state index < -0.39 is 0 Å². The van der Waals surface area contributed by atoms with E-state index in [-0.39, 0.29) is 17.6 Å². The molecule has 0 saturated carbocycles. The average molecular weight is 356 g/mol. The molecule has 26 heavy (non-hydrogen) atoms. The van der Waals surface area contributed by atoms with Gasteiger partial charge in [0.1, 0.15) is 5.82 Å². The SMILES string of the molecule is CC(CC(=O)NCc1ccccc1CN(C)C(C)C)c1ccc(F)cc1. The number of nitrogens with zero attached hydrogens (tertiary/aromatic N) is 1. The van der Waals surface area contributed by atoms with Gasteiger partial charge in [-0.15, -0.1) is 0 Å². The van der Waals surface area contributed by atoms with Crippen LogP contribution in [-0.2, 0) is 17.9 Å². The third-order valence-electron chi connectivity index (χ3n) is 4.83. The van der Waals surface area contributed by atoms with Gasteiger partial charge < -0.3 is 5.32 Å². The highest BCUT2D eigenvalue weighted by molar-refractivity contribution is 5.76. The van der Waals surface area contributed by atoms with Gasteiger partial charge in [-0.2, -0.15) is 0 Å². The third-order valence-corrected chi connectivity index (χ3v) is 4.83. The molecule has 0 fully saturated rings. The minimum Gasteiger partial charge on any atom is -0.352 e. The summed E-state index contributed by atoms with van der Waals surface area (Å²) in [5.74, 6) is -0.194. The summed E-state index contributed by atoms with van der Waals surface area (Å²) in [5, 5.41) is 3.02. The standard InChI is InChI=1S/C22H29FN2O/c1-16(2)25(4)15-20-8-6-5-7-19(20)14-24-22(26)13-17(3)18-9-11-21(23)12-10-18/h5-12,16-17H,13-15H2,1-4H3,(H,24,26). The molecule has 0 aliphatic rings. The van der Waals surface area contributed by atoms with Gasteiger partial charge in [-0.1, -0.05) is 43.3 Å². The van der Waals surface area contributed by atoms with Crippen molar-refractivity contribution in [1.82, 2.24) is 10.2 Å². The molecule has 0 radical (unpaired) electrons. The minimum atomic E-state index is -0.256. The lowest BCUT2D eigenvalue weighted by Gasteiger charge is -2.22. The summed E-state index contributed by atoms with van der Waals surface area (Å²) in [6.45, 7) is 7.70. The highest BCUT2D eigenvalue weighted by Gasteiger charge is 2.13. The van der Waals surface area contributed by atoms with Crippen LogP contribution in [-0.4, -0.2) is 23.9 Å². The monoisotopic (exact) mass is 356 g/mol. The first-order valence-corrected chi connectivity index (χ1v) is 9.16. The summed E-state index contributed by atoms with van der Waals surface area (Å²) < 4.78 is 13.0. The smallest absolute Gasteiger partial charge is 0.220 e. The molecular formula is C22H29FN2O. The fourth-order valence-electron chi connectivity index (χ4n) is 2.79. The Labute approximate surface area is 156 Å². The summed E-state index contributed by atoms with van der Waals surface area (Å²) in [7, 11) is 2.10.